The third-order valence-electron chi connectivity index (χ3n) is 5.79. The number of allylic oxidation sites excluding steroid dienone is 1. The fourth-order valence-corrected chi connectivity index (χ4v) is 4.81. The minimum Gasteiger partial charge on any atom is -0.357 e. The molecule has 0 saturated heterocycles. The molecule has 0 N–H and O–H groups in total. The molecular weight excluding hydrogens is 318 g/mol. The third kappa shape index (κ3) is 3.39. The molecule has 0 aliphatic heterocycles. The quantitative estimate of drug-likeness (QED) is 0.593. The largest absolute Gasteiger partial charge is 0.357 e. The highest BCUT2D eigenvalue weighted by Crippen LogP contribution is 2.51. The standard InChI is InChI=1S/C24H33NO/c1-8-9-17-12-21-22(24(6,7)15-23(21,4)5)14-20(17)19(16(2)3)13-18-10-11-25-26-18/h10-14,16H,8-9,15H2,1-7H3/b19-13+. The molecular formula is C24H33NO. The number of hydrogen-bond acceptors (Lipinski definition) is 2. The molecule has 2 heteroatoms. The summed E-state index contributed by atoms with van der Waals surface area (Å²) in [5.74, 6) is 1.25. The van der Waals surface area contributed by atoms with Crippen molar-refractivity contribution in [1.82, 2.24) is 5.16 Å². The lowest BCUT2D eigenvalue weighted by atomic mass is 9.81. The topological polar surface area (TPSA) is 26.0 Å². The van der Waals surface area contributed by atoms with Gasteiger partial charge in [0.25, 0.3) is 0 Å². The second kappa shape index (κ2) is 6.72. The smallest absolute Gasteiger partial charge is 0.159 e. The second-order valence-electron chi connectivity index (χ2n) is 9.42. The van der Waals surface area contributed by atoms with E-state index in [1.165, 1.54) is 34.2 Å². The van der Waals surface area contributed by atoms with Crippen molar-refractivity contribution in [2.45, 2.75) is 78.6 Å². The van der Waals surface area contributed by atoms with Gasteiger partial charge in [0.1, 0.15) is 0 Å². The number of nitrogens with zero attached hydrogens (tertiary/aromatic N) is 1. The maximum Gasteiger partial charge on any atom is 0.159 e. The summed E-state index contributed by atoms with van der Waals surface area (Å²) in [7, 11) is 0. The Morgan fingerprint density at radius 2 is 1.81 bits per heavy atom. The van der Waals surface area contributed by atoms with Gasteiger partial charge in [0.15, 0.2) is 5.76 Å². The van der Waals surface area contributed by atoms with Crippen molar-refractivity contribution in [3.63, 3.8) is 0 Å². The van der Waals surface area contributed by atoms with Crippen LogP contribution in [0.1, 0.15) is 89.3 Å². The molecule has 1 heterocycles. The van der Waals surface area contributed by atoms with E-state index in [1.807, 2.05) is 6.07 Å². The minimum absolute atomic E-state index is 0.215. The molecule has 1 aliphatic rings. The molecule has 0 unspecified atom stereocenters. The van der Waals surface area contributed by atoms with Gasteiger partial charge in [-0.15, -0.1) is 0 Å². The van der Waals surface area contributed by atoms with Crippen molar-refractivity contribution in [3.05, 3.63) is 52.4 Å². The number of aromatic nitrogens is 1. The Labute approximate surface area is 158 Å². The zero-order valence-corrected chi connectivity index (χ0v) is 17.4. The highest BCUT2D eigenvalue weighted by molar-refractivity contribution is 5.83. The van der Waals surface area contributed by atoms with E-state index in [4.69, 9.17) is 4.52 Å². The van der Waals surface area contributed by atoms with Gasteiger partial charge in [-0.2, -0.15) is 0 Å². The van der Waals surface area contributed by atoms with Gasteiger partial charge in [0, 0.05) is 6.07 Å². The molecule has 0 spiro atoms. The summed E-state index contributed by atoms with van der Waals surface area (Å²) >= 11 is 0. The third-order valence-corrected chi connectivity index (χ3v) is 5.79. The lowest BCUT2D eigenvalue weighted by Crippen LogP contribution is -2.18. The molecule has 0 saturated carbocycles. The lowest BCUT2D eigenvalue weighted by Gasteiger charge is -2.23. The van der Waals surface area contributed by atoms with Crippen LogP contribution in [0, 0.1) is 5.92 Å². The molecule has 0 fully saturated rings. The first-order valence-corrected chi connectivity index (χ1v) is 9.96. The van der Waals surface area contributed by atoms with E-state index in [2.05, 4.69) is 71.8 Å². The first kappa shape index (κ1) is 18.9. The number of benzene rings is 1. The summed E-state index contributed by atoms with van der Waals surface area (Å²) in [4.78, 5) is 0. The summed E-state index contributed by atoms with van der Waals surface area (Å²) in [6.45, 7) is 16.4. The van der Waals surface area contributed by atoms with Gasteiger partial charge in [-0.05, 0) is 63.5 Å². The van der Waals surface area contributed by atoms with Gasteiger partial charge in [-0.25, -0.2) is 0 Å². The maximum absolute atomic E-state index is 5.38. The second-order valence-corrected chi connectivity index (χ2v) is 9.42. The molecule has 2 nitrogen and oxygen atoms in total. The Bertz CT molecular complexity index is 807. The Hall–Kier alpha value is -1.83. The molecule has 1 aromatic carbocycles. The molecule has 1 aromatic heterocycles. The number of fused-ring (bicyclic) bond motifs is 1. The van der Waals surface area contributed by atoms with Gasteiger partial charge < -0.3 is 4.52 Å². The molecule has 140 valence electrons. The zero-order chi connectivity index (χ0) is 19.1. The van der Waals surface area contributed by atoms with E-state index in [-0.39, 0.29) is 10.8 Å². The van der Waals surface area contributed by atoms with Crippen molar-refractivity contribution in [2.75, 3.05) is 0 Å². The molecule has 0 amide bonds. The molecule has 0 atom stereocenters. The first-order valence-electron chi connectivity index (χ1n) is 9.96. The Balaban J connectivity index is 2.23. The van der Waals surface area contributed by atoms with Gasteiger partial charge in [-0.3, -0.25) is 0 Å². The zero-order valence-electron chi connectivity index (χ0n) is 17.4. The number of rotatable bonds is 5. The van der Waals surface area contributed by atoms with Gasteiger partial charge in [0.2, 0.25) is 0 Å². The Morgan fingerprint density at radius 1 is 1.15 bits per heavy atom. The van der Waals surface area contributed by atoms with Crippen molar-refractivity contribution >= 4 is 11.6 Å². The van der Waals surface area contributed by atoms with Crippen molar-refractivity contribution in [2.24, 2.45) is 5.92 Å². The predicted octanol–water partition coefficient (Wildman–Crippen LogP) is 6.78. The Morgan fingerprint density at radius 3 is 2.35 bits per heavy atom. The summed E-state index contributed by atoms with van der Waals surface area (Å²) in [5.41, 5.74) is 7.71. The fourth-order valence-electron chi connectivity index (χ4n) is 4.81. The van der Waals surface area contributed by atoms with E-state index in [0.717, 1.165) is 18.6 Å². The van der Waals surface area contributed by atoms with Crippen molar-refractivity contribution < 1.29 is 4.52 Å². The van der Waals surface area contributed by atoms with Gasteiger partial charge in [-0.1, -0.05) is 72.2 Å². The van der Waals surface area contributed by atoms with E-state index >= 15 is 0 Å². The van der Waals surface area contributed by atoms with Crippen LogP contribution in [0.2, 0.25) is 0 Å². The van der Waals surface area contributed by atoms with Crippen LogP contribution in [-0.4, -0.2) is 5.16 Å². The number of hydrogen-bond donors (Lipinski definition) is 0. The van der Waals surface area contributed by atoms with E-state index in [9.17, 15) is 0 Å². The summed E-state index contributed by atoms with van der Waals surface area (Å²) < 4.78 is 5.38. The van der Waals surface area contributed by atoms with Crippen LogP contribution < -0.4 is 0 Å². The molecule has 26 heavy (non-hydrogen) atoms. The normalized spacial score (nSPS) is 18.4. The van der Waals surface area contributed by atoms with Crippen LogP contribution in [0.4, 0.5) is 0 Å². The van der Waals surface area contributed by atoms with E-state index < -0.39 is 0 Å². The summed E-state index contributed by atoms with van der Waals surface area (Å²) in [6.07, 6.45) is 7.35. The summed E-state index contributed by atoms with van der Waals surface area (Å²) in [5, 5.41) is 3.87. The fraction of sp³-hybridized carbons (Fsp3) is 0.542. The van der Waals surface area contributed by atoms with Crippen molar-refractivity contribution in [3.8, 4) is 0 Å². The highest BCUT2D eigenvalue weighted by Gasteiger charge is 2.42. The van der Waals surface area contributed by atoms with Crippen LogP contribution in [0.5, 0.6) is 0 Å². The predicted molar refractivity (Wildman–Crippen MR) is 110 cm³/mol. The Kier molecular flexibility index (Phi) is 4.90. The van der Waals surface area contributed by atoms with Crippen molar-refractivity contribution in [1.29, 1.82) is 0 Å². The van der Waals surface area contributed by atoms with Gasteiger partial charge >= 0.3 is 0 Å². The molecule has 3 rings (SSSR count). The first-order chi connectivity index (χ1) is 12.2. The maximum atomic E-state index is 5.38. The average Bonchev–Trinajstić information content (AvgIpc) is 3.10. The van der Waals surface area contributed by atoms with E-state index in [0.29, 0.717) is 5.92 Å². The number of aryl methyl sites for hydroxylation is 1. The monoisotopic (exact) mass is 351 g/mol. The molecule has 1 aliphatic carbocycles. The van der Waals surface area contributed by atoms with Crippen LogP contribution in [0.3, 0.4) is 0 Å². The summed E-state index contributed by atoms with van der Waals surface area (Å²) in [6, 6.07) is 6.92. The van der Waals surface area contributed by atoms with Crippen LogP contribution in [0.15, 0.2) is 28.9 Å². The SMILES string of the molecule is CCCc1cc2c(cc1/C(=C/c1ccno1)C(C)C)C(C)(C)CC2(C)C. The van der Waals surface area contributed by atoms with Crippen LogP contribution >= 0.6 is 0 Å². The van der Waals surface area contributed by atoms with Crippen LogP contribution in [0.25, 0.3) is 11.6 Å². The highest BCUT2D eigenvalue weighted by atomic mass is 16.5. The van der Waals surface area contributed by atoms with Gasteiger partial charge in [0.05, 0.1) is 6.20 Å². The average molecular weight is 352 g/mol. The molecule has 0 bridgehead atoms. The molecule has 2 aromatic rings. The van der Waals surface area contributed by atoms with E-state index in [1.54, 1.807) is 6.20 Å². The molecule has 0 radical (unpaired) electrons. The minimum atomic E-state index is 0.215. The lowest BCUT2D eigenvalue weighted by molar-refractivity contribution is 0.403. The van der Waals surface area contributed by atoms with Crippen LogP contribution in [-0.2, 0) is 17.3 Å².